The number of rotatable bonds is 6. The zero-order chi connectivity index (χ0) is 20.4. The molecule has 3 heterocycles. The van der Waals surface area contributed by atoms with E-state index in [4.69, 9.17) is 4.52 Å². The van der Waals surface area contributed by atoms with Gasteiger partial charge in [-0.25, -0.2) is 4.98 Å². The number of nitrogens with one attached hydrogen (secondary N) is 1. The molecular weight excluding hydrogens is 376 g/mol. The highest BCUT2D eigenvalue weighted by Gasteiger charge is 2.24. The fourth-order valence-electron chi connectivity index (χ4n) is 3.12. The molecule has 1 N–H and O–H groups in total. The van der Waals surface area contributed by atoms with Crippen LogP contribution in [0.3, 0.4) is 0 Å². The SMILES string of the molecule is CCN(CC)C(=O)[C@@H](C)NC(=O)c1cc(-c2ccc(C)s2)nc2onc(C)c12. The molecule has 0 radical (unpaired) electrons. The van der Waals surface area contributed by atoms with Crippen molar-refractivity contribution >= 4 is 34.3 Å². The normalized spacial score (nSPS) is 12.2. The molecule has 0 aliphatic rings. The van der Waals surface area contributed by atoms with Crippen molar-refractivity contribution in [2.75, 3.05) is 13.1 Å². The Morgan fingerprint density at radius 2 is 1.96 bits per heavy atom. The Hall–Kier alpha value is -2.74. The van der Waals surface area contributed by atoms with Gasteiger partial charge in [-0.3, -0.25) is 9.59 Å². The summed E-state index contributed by atoms with van der Waals surface area (Å²) in [5.41, 5.74) is 1.96. The van der Waals surface area contributed by atoms with Gasteiger partial charge in [0, 0.05) is 18.0 Å². The lowest BCUT2D eigenvalue weighted by Gasteiger charge is -2.23. The van der Waals surface area contributed by atoms with E-state index in [1.807, 2.05) is 32.9 Å². The third-order valence-corrected chi connectivity index (χ3v) is 5.67. The number of aromatic nitrogens is 2. The summed E-state index contributed by atoms with van der Waals surface area (Å²) in [4.78, 5) is 33.8. The van der Waals surface area contributed by atoms with Crippen LogP contribution in [0.2, 0.25) is 0 Å². The maximum Gasteiger partial charge on any atom is 0.259 e. The largest absolute Gasteiger partial charge is 0.341 e. The van der Waals surface area contributed by atoms with Crippen molar-refractivity contribution in [2.24, 2.45) is 0 Å². The Balaban J connectivity index is 1.97. The third-order valence-electron chi connectivity index (χ3n) is 4.65. The van der Waals surface area contributed by atoms with Crippen molar-refractivity contribution in [1.82, 2.24) is 20.4 Å². The van der Waals surface area contributed by atoms with E-state index in [1.165, 1.54) is 0 Å². The van der Waals surface area contributed by atoms with Crippen molar-refractivity contribution in [2.45, 2.75) is 40.7 Å². The van der Waals surface area contributed by atoms with Crippen LogP contribution in [0.25, 0.3) is 21.7 Å². The number of thiophene rings is 1. The predicted molar refractivity (Wildman–Crippen MR) is 109 cm³/mol. The van der Waals surface area contributed by atoms with E-state index in [-0.39, 0.29) is 11.8 Å². The third kappa shape index (κ3) is 3.77. The summed E-state index contributed by atoms with van der Waals surface area (Å²) in [6.07, 6.45) is 0. The number of amides is 2. The Labute approximate surface area is 167 Å². The number of fused-ring (bicyclic) bond motifs is 1. The highest BCUT2D eigenvalue weighted by molar-refractivity contribution is 7.15. The van der Waals surface area contributed by atoms with Crippen LogP contribution in [0.15, 0.2) is 22.7 Å². The van der Waals surface area contributed by atoms with Gasteiger partial charge in [0.05, 0.1) is 27.2 Å². The maximum absolute atomic E-state index is 13.0. The first kappa shape index (κ1) is 20.0. The Morgan fingerprint density at radius 1 is 1.25 bits per heavy atom. The van der Waals surface area contributed by atoms with Crippen molar-refractivity contribution in [3.8, 4) is 10.6 Å². The number of nitrogens with zero attached hydrogens (tertiary/aromatic N) is 3. The average molecular weight is 401 g/mol. The summed E-state index contributed by atoms with van der Waals surface area (Å²) in [6.45, 7) is 10.5. The number of likely N-dealkylation sites (N-methyl/N-ethyl adjacent to an activating group) is 1. The van der Waals surface area contributed by atoms with Crippen molar-refractivity contribution in [3.05, 3.63) is 34.3 Å². The topological polar surface area (TPSA) is 88.3 Å². The van der Waals surface area contributed by atoms with E-state index in [0.717, 1.165) is 9.75 Å². The summed E-state index contributed by atoms with van der Waals surface area (Å²) >= 11 is 1.59. The Morgan fingerprint density at radius 3 is 2.57 bits per heavy atom. The number of hydrogen-bond acceptors (Lipinski definition) is 6. The van der Waals surface area contributed by atoms with Crippen molar-refractivity contribution in [3.63, 3.8) is 0 Å². The molecule has 0 saturated carbocycles. The molecule has 148 valence electrons. The van der Waals surface area contributed by atoms with E-state index >= 15 is 0 Å². The van der Waals surface area contributed by atoms with Gasteiger partial charge in [-0.15, -0.1) is 11.3 Å². The van der Waals surface area contributed by atoms with Crippen LogP contribution in [-0.4, -0.2) is 46.0 Å². The molecule has 7 nitrogen and oxygen atoms in total. The molecule has 0 unspecified atom stereocenters. The summed E-state index contributed by atoms with van der Waals surface area (Å²) in [6, 6.07) is 5.07. The van der Waals surface area contributed by atoms with Gasteiger partial charge in [-0.1, -0.05) is 5.16 Å². The second-order valence-corrected chi connectivity index (χ2v) is 7.91. The molecule has 3 rings (SSSR count). The van der Waals surface area contributed by atoms with E-state index in [9.17, 15) is 9.59 Å². The van der Waals surface area contributed by atoms with Crippen LogP contribution in [0.5, 0.6) is 0 Å². The molecule has 3 aromatic heterocycles. The van der Waals surface area contributed by atoms with E-state index in [0.29, 0.717) is 41.1 Å². The lowest BCUT2D eigenvalue weighted by Crippen LogP contribution is -2.46. The fraction of sp³-hybridized carbons (Fsp3) is 0.400. The maximum atomic E-state index is 13.0. The van der Waals surface area contributed by atoms with Gasteiger partial charge in [0.1, 0.15) is 6.04 Å². The van der Waals surface area contributed by atoms with Gasteiger partial charge in [-0.2, -0.15) is 0 Å². The lowest BCUT2D eigenvalue weighted by atomic mass is 10.1. The number of carbonyl (C=O) groups is 2. The molecule has 3 aromatic rings. The highest BCUT2D eigenvalue weighted by Crippen LogP contribution is 2.31. The fourth-order valence-corrected chi connectivity index (χ4v) is 3.95. The second-order valence-electron chi connectivity index (χ2n) is 6.62. The second kappa shape index (κ2) is 8.10. The van der Waals surface area contributed by atoms with Crippen LogP contribution in [0.1, 0.15) is 41.7 Å². The zero-order valence-electron chi connectivity index (χ0n) is 16.7. The lowest BCUT2D eigenvalue weighted by molar-refractivity contribution is -0.132. The standard InChI is InChI=1S/C20H24N4O3S/c1-6-24(7-2)20(26)13(5)21-18(25)14-10-15(16-9-8-11(3)28-16)22-19-17(14)12(4)23-27-19/h8-10,13H,6-7H2,1-5H3,(H,21,25)/t13-/m1/s1. The molecule has 8 heteroatoms. The number of carbonyl (C=O) groups excluding carboxylic acids is 2. The van der Waals surface area contributed by atoms with Crippen LogP contribution in [0.4, 0.5) is 0 Å². The van der Waals surface area contributed by atoms with Gasteiger partial charge < -0.3 is 14.7 Å². The first-order valence-electron chi connectivity index (χ1n) is 9.29. The first-order chi connectivity index (χ1) is 13.3. The summed E-state index contributed by atoms with van der Waals surface area (Å²) in [5, 5.41) is 7.34. The average Bonchev–Trinajstić information content (AvgIpc) is 3.27. The van der Waals surface area contributed by atoms with E-state index in [2.05, 4.69) is 15.5 Å². The molecule has 2 amide bonds. The van der Waals surface area contributed by atoms with Crippen molar-refractivity contribution < 1.29 is 14.1 Å². The smallest absolute Gasteiger partial charge is 0.259 e. The van der Waals surface area contributed by atoms with E-state index < -0.39 is 6.04 Å². The quantitative estimate of drug-likeness (QED) is 0.683. The monoisotopic (exact) mass is 400 g/mol. The number of aryl methyl sites for hydroxylation is 2. The minimum Gasteiger partial charge on any atom is -0.341 e. The van der Waals surface area contributed by atoms with Gasteiger partial charge in [0.2, 0.25) is 5.91 Å². The molecule has 0 spiro atoms. The summed E-state index contributed by atoms with van der Waals surface area (Å²) < 4.78 is 5.32. The highest BCUT2D eigenvalue weighted by atomic mass is 32.1. The molecule has 1 atom stereocenters. The molecule has 0 aromatic carbocycles. The van der Waals surface area contributed by atoms with Crippen LogP contribution >= 0.6 is 11.3 Å². The molecular formula is C20H24N4O3S. The van der Waals surface area contributed by atoms with Gasteiger partial charge >= 0.3 is 0 Å². The van der Waals surface area contributed by atoms with Gasteiger partial charge in [0.25, 0.3) is 11.6 Å². The van der Waals surface area contributed by atoms with Crippen LogP contribution in [0, 0.1) is 13.8 Å². The first-order valence-corrected chi connectivity index (χ1v) is 10.1. The zero-order valence-corrected chi connectivity index (χ0v) is 17.5. The molecule has 28 heavy (non-hydrogen) atoms. The molecule has 0 saturated heterocycles. The van der Waals surface area contributed by atoms with Gasteiger partial charge in [-0.05, 0) is 52.8 Å². The molecule has 0 aliphatic heterocycles. The molecule has 0 fully saturated rings. The molecule has 0 aliphatic carbocycles. The number of pyridine rings is 1. The van der Waals surface area contributed by atoms with Crippen molar-refractivity contribution in [1.29, 1.82) is 0 Å². The number of hydrogen-bond donors (Lipinski definition) is 1. The Bertz CT molecular complexity index is 1020. The van der Waals surface area contributed by atoms with Crippen LogP contribution in [-0.2, 0) is 4.79 Å². The Kier molecular flexibility index (Phi) is 5.79. The predicted octanol–water partition coefficient (Wildman–Crippen LogP) is 3.55. The van der Waals surface area contributed by atoms with Crippen LogP contribution < -0.4 is 5.32 Å². The minimum atomic E-state index is -0.636. The molecule has 0 bridgehead atoms. The minimum absolute atomic E-state index is 0.111. The van der Waals surface area contributed by atoms with Gasteiger partial charge in [0.15, 0.2) is 0 Å². The summed E-state index contributed by atoms with van der Waals surface area (Å²) in [5.74, 6) is -0.457. The van der Waals surface area contributed by atoms with E-state index in [1.54, 1.807) is 36.2 Å². The summed E-state index contributed by atoms with van der Waals surface area (Å²) in [7, 11) is 0.